The third-order valence-corrected chi connectivity index (χ3v) is 5.14. The molecule has 2 aromatic rings. The lowest BCUT2D eigenvalue weighted by atomic mass is 10.1. The second-order valence-electron chi connectivity index (χ2n) is 6.80. The number of benzene rings is 2. The van der Waals surface area contributed by atoms with E-state index in [2.05, 4.69) is 17.2 Å². The van der Waals surface area contributed by atoms with Gasteiger partial charge in [-0.05, 0) is 55.3 Å². The zero-order chi connectivity index (χ0) is 20.8. The van der Waals surface area contributed by atoms with E-state index in [-0.39, 0.29) is 30.2 Å². The Morgan fingerprint density at radius 3 is 2.52 bits per heavy atom. The number of likely N-dealkylation sites (tertiary alicyclic amines) is 1. The highest BCUT2D eigenvalue weighted by Gasteiger charge is 2.29. The lowest BCUT2D eigenvalue weighted by molar-refractivity contribution is -0.127. The summed E-state index contributed by atoms with van der Waals surface area (Å²) in [5.41, 5.74) is 1.57. The summed E-state index contributed by atoms with van der Waals surface area (Å²) in [5.74, 6) is -0.610. The average molecular weight is 412 g/mol. The van der Waals surface area contributed by atoms with E-state index in [1.165, 1.54) is 6.08 Å². The van der Waals surface area contributed by atoms with Crippen LogP contribution in [0.3, 0.4) is 0 Å². The van der Waals surface area contributed by atoms with Gasteiger partial charge in [0.05, 0.1) is 10.7 Å². The van der Waals surface area contributed by atoms with Gasteiger partial charge in [0.2, 0.25) is 11.8 Å². The van der Waals surface area contributed by atoms with E-state index >= 15 is 0 Å². The molecule has 3 amide bonds. The molecule has 1 atom stereocenters. The fourth-order valence-electron chi connectivity index (χ4n) is 3.34. The Morgan fingerprint density at radius 2 is 1.83 bits per heavy atom. The molecule has 7 heteroatoms. The van der Waals surface area contributed by atoms with Crippen molar-refractivity contribution in [3.8, 4) is 0 Å². The number of hydrogen-bond acceptors (Lipinski definition) is 3. The molecular weight excluding hydrogens is 390 g/mol. The summed E-state index contributed by atoms with van der Waals surface area (Å²) in [4.78, 5) is 38.2. The summed E-state index contributed by atoms with van der Waals surface area (Å²) in [7, 11) is 0. The topological polar surface area (TPSA) is 78.5 Å². The zero-order valence-electron chi connectivity index (χ0n) is 15.9. The van der Waals surface area contributed by atoms with E-state index in [1.807, 2.05) is 0 Å². The Hall–Kier alpha value is -3.12. The minimum absolute atomic E-state index is 0.110. The molecule has 6 nitrogen and oxygen atoms in total. The van der Waals surface area contributed by atoms with Crippen molar-refractivity contribution in [2.75, 3.05) is 17.2 Å². The Labute approximate surface area is 174 Å². The van der Waals surface area contributed by atoms with E-state index in [4.69, 9.17) is 11.6 Å². The number of rotatable bonds is 6. The van der Waals surface area contributed by atoms with Gasteiger partial charge < -0.3 is 15.5 Å². The maximum Gasteiger partial charge on any atom is 0.255 e. The summed E-state index contributed by atoms with van der Waals surface area (Å²) < 4.78 is 0. The molecule has 3 rings (SSSR count). The molecule has 150 valence electrons. The molecule has 0 aliphatic carbocycles. The first-order valence-corrected chi connectivity index (χ1v) is 9.74. The van der Waals surface area contributed by atoms with Crippen molar-refractivity contribution in [3.05, 3.63) is 71.8 Å². The number of anilines is 2. The quantitative estimate of drug-likeness (QED) is 0.702. The summed E-state index contributed by atoms with van der Waals surface area (Å²) in [5, 5.41) is 6.03. The first-order chi connectivity index (χ1) is 14.0. The van der Waals surface area contributed by atoms with Gasteiger partial charge in [-0.25, -0.2) is 0 Å². The lowest BCUT2D eigenvalue weighted by Crippen LogP contribution is -2.36. The van der Waals surface area contributed by atoms with Crippen LogP contribution in [0.4, 0.5) is 11.4 Å². The Bertz CT molecular complexity index is 927. The maximum atomic E-state index is 12.4. The van der Waals surface area contributed by atoms with Crippen molar-refractivity contribution in [2.45, 2.75) is 25.3 Å². The molecule has 0 saturated carbocycles. The number of carbonyl (C=O) groups is 3. The Balaban J connectivity index is 1.56. The number of amides is 3. The zero-order valence-corrected chi connectivity index (χ0v) is 16.6. The molecule has 1 saturated heterocycles. The molecule has 1 heterocycles. The molecule has 29 heavy (non-hydrogen) atoms. The van der Waals surface area contributed by atoms with E-state index in [0.717, 1.165) is 12.8 Å². The first kappa shape index (κ1) is 20.6. The van der Waals surface area contributed by atoms with Crippen molar-refractivity contribution >= 4 is 40.7 Å². The fourth-order valence-corrected chi connectivity index (χ4v) is 3.53. The summed E-state index contributed by atoms with van der Waals surface area (Å²) in [6.07, 6.45) is 3.19. The van der Waals surface area contributed by atoms with Crippen molar-refractivity contribution in [2.24, 2.45) is 0 Å². The first-order valence-electron chi connectivity index (χ1n) is 9.37. The van der Waals surface area contributed by atoms with Crippen molar-refractivity contribution < 1.29 is 14.4 Å². The van der Waals surface area contributed by atoms with E-state index in [0.29, 0.717) is 28.5 Å². The minimum atomic E-state index is -0.291. The Morgan fingerprint density at radius 1 is 1.10 bits per heavy atom. The number of hydrogen-bond donors (Lipinski definition) is 2. The van der Waals surface area contributed by atoms with Crippen LogP contribution in [-0.4, -0.2) is 35.2 Å². The van der Waals surface area contributed by atoms with Gasteiger partial charge in [-0.2, -0.15) is 0 Å². The molecule has 0 unspecified atom stereocenters. The highest BCUT2D eigenvalue weighted by Crippen LogP contribution is 2.23. The highest BCUT2D eigenvalue weighted by atomic mass is 35.5. The van der Waals surface area contributed by atoms with Crippen molar-refractivity contribution in [1.82, 2.24) is 4.90 Å². The van der Waals surface area contributed by atoms with Gasteiger partial charge >= 0.3 is 0 Å². The number of nitrogens with zero attached hydrogens (tertiary/aromatic N) is 1. The van der Waals surface area contributed by atoms with Crippen LogP contribution in [0.25, 0.3) is 0 Å². The molecular formula is C22H22ClN3O3. The van der Waals surface area contributed by atoms with Crippen LogP contribution in [0.5, 0.6) is 0 Å². The van der Waals surface area contributed by atoms with Gasteiger partial charge in [-0.3, -0.25) is 14.4 Å². The van der Waals surface area contributed by atoms with Crippen LogP contribution < -0.4 is 10.6 Å². The van der Waals surface area contributed by atoms with Gasteiger partial charge in [0.1, 0.15) is 0 Å². The number of halogens is 1. The second kappa shape index (κ2) is 9.39. The molecule has 2 N–H and O–H groups in total. The number of nitrogens with one attached hydrogen (secondary N) is 2. The predicted molar refractivity (Wildman–Crippen MR) is 114 cm³/mol. The monoisotopic (exact) mass is 411 g/mol. The molecule has 1 aliphatic rings. The van der Waals surface area contributed by atoms with Crippen LogP contribution in [0.1, 0.15) is 29.6 Å². The summed E-state index contributed by atoms with van der Waals surface area (Å²) in [6.45, 7) is 4.16. The largest absolute Gasteiger partial charge is 0.336 e. The van der Waals surface area contributed by atoms with Crippen LogP contribution in [0.15, 0.2) is 61.2 Å². The van der Waals surface area contributed by atoms with Crippen LogP contribution in [-0.2, 0) is 9.59 Å². The van der Waals surface area contributed by atoms with Gasteiger partial charge in [-0.15, -0.1) is 0 Å². The number of para-hydroxylation sites is 1. The number of carbonyl (C=O) groups excluding carboxylic acids is 3. The lowest BCUT2D eigenvalue weighted by Gasteiger charge is -2.22. The maximum absolute atomic E-state index is 12.4. The van der Waals surface area contributed by atoms with Gasteiger partial charge in [0, 0.05) is 30.3 Å². The van der Waals surface area contributed by atoms with Crippen LogP contribution >= 0.6 is 11.6 Å². The van der Waals surface area contributed by atoms with Gasteiger partial charge in [0.15, 0.2) is 0 Å². The van der Waals surface area contributed by atoms with Crippen molar-refractivity contribution in [3.63, 3.8) is 0 Å². The van der Waals surface area contributed by atoms with E-state index in [1.54, 1.807) is 53.4 Å². The molecule has 1 fully saturated rings. The van der Waals surface area contributed by atoms with Gasteiger partial charge in [0.25, 0.3) is 5.91 Å². The predicted octanol–water partition coefficient (Wildman–Crippen LogP) is 4.10. The summed E-state index contributed by atoms with van der Waals surface area (Å²) >= 11 is 6.05. The smallest absolute Gasteiger partial charge is 0.255 e. The van der Waals surface area contributed by atoms with Gasteiger partial charge in [-0.1, -0.05) is 30.3 Å². The molecule has 0 radical (unpaired) electrons. The highest BCUT2D eigenvalue weighted by molar-refractivity contribution is 6.33. The molecule has 0 spiro atoms. The molecule has 2 aromatic carbocycles. The molecule has 1 aliphatic heterocycles. The second-order valence-corrected chi connectivity index (χ2v) is 7.20. The minimum Gasteiger partial charge on any atom is -0.336 e. The Kier molecular flexibility index (Phi) is 6.67. The third kappa shape index (κ3) is 5.23. The van der Waals surface area contributed by atoms with Crippen LogP contribution in [0.2, 0.25) is 5.02 Å². The molecule has 0 aromatic heterocycles. The summed E-state index contributed by atoms with van der Waals surface area (Å²) in [6, 6.07) is 13.5. The standard InChI is InChI=1S/C22H22ClN3O3/c1-2-21(28)26-13-5-6-17(26)14-20(27)24-16-11-9-15(10-12-16)22(29)25-19-8-4-3-7-18(19)23/h2-4,7-12,17H,1,5-6,13-14H2,(H,24,27)(H,25,29)/t17-/m1/s1. The van der Waals surface area contributed by atoms with Crippen LogP contribution in [0, 0.1) is 0 Å². The SMILES string of the molecule is C=CC(=O)N1CCC[C@@H]1CC(=O)Nc1ccc(C(=O)Nc2ccccc2Cl)cc1. The fraction of sp³-hybridized carbons (Fsp3) is 0.227. The molecule has 0 bridgehead atoms. The van der Waals surface area contributed by atoms with Crippen molar-refractivity contribution in [1.29, 1.82) is 0 Å². The average Bonchev–Trinajstić information content (AvgIpc) is 3.17. The normalized spacial score (nSPS) is 15.6. The van der Waals surface area contributed by atoms with E-state index in [9.17, 15) is 14.4 Å². The van der Waals surface area contributed by atoms with E-state index < -0.39 is 0 Å². The third-order valence-electron chi connectivity index (χ3n) is 4.81.